The first-order chi connectivity index (χ1) is 15.5. The summed E-state index contributed by atoms with van der Waals surface area (Å²) in [5.41, 5.74) is 3.73. The van der Waals surface area contributed by atoms with Crippen molar-refractivity contribution in [2.24, 2.45) is 0 Å². The maximum Gasteiger partial charge on any atom is 0.331 e. The summed E-state index contributed by atoms with van der Waals surface area (Å²) in [6.45, 7) is 0.162. The zero-order chi connectivity index (χ0) is 22.8. The van der Waals surface area contributed by atoms with Gasteiger partial charge in [0.2, 0.25) is 0 Å². The Bertz CT molecular complexity index is 1120. The van der Waals surface area contributed by atoms with E-state index in [2.05, 4.69) is 0 Å². The molecule has 0 amide bonds. The van der Waals surface area contributed by atoms with Gasteiger partial charge in [0.25, 0.3) is 0 Å². The fourth-order valence-electron chi connectivity index (χ4n) is 3.14. The minimum Gasteiger partial charge on any atom is -0.497 e. The van der Waals surface area contributed by atoms with Gasteiger partial charge in [-0.1, -0.05) is 72.8 Å². The molecule has 0 aliphatic heterocycles. The minimum absolute atomic E-state index is 0.162. The Hall–Kier alpha value is -4.12. The predicted molar refractivity (Wildman–Crippen MR) is 125 cm³/mol. The number of benzene rings is 3. The maximum absolute atomic E-state index is 12.2. The maximum atomic E-state index is 12.2. The average Bonchev–Trinajstić information content (AvgIpc) is 2.82. The van der Waals surface area contributed by atoms with Gasteiger partial charge in [-0.05, 0) is 46.0 Å². The number of hydrogen-bond donors (Lipinski definition) is 1. The Balaban J connectivity index is 1.87. The van der Waals surface area contributed by atoms with Gasteiger partial charge in [0, 0.05) is 6.08 Å². The number of carbonyl (C=O) groups excluding carboxylic acids is 1. The fraction of sp³-hybridized carbons (Fsp3) is 0.111. The quantitative estimate of drug-likeness (QED) is 0.286. The number of esters is 1. The third-order valence-corrected chi connectivity index (χ3v) is 4.73. The van der Waals surface area contributed by atoms with Gasteiger partial charge < -0.3 is 14.6 Å². The summed E-state index contributed by atoms with van der Waals surface area (Å²) in [5.74, 6) is -0.922. The number of methoxy groups -OCH3 is 1. The molecule has 5 nitrogen and oxygen atoms in total. The van der Waals surface area contributed by atoms with Crippen LogP contribution >= 0.6 is 0 Å². The first-order valence-electron chi connectivity index (χ1n) is 10.1. The van der Waals surface area contributed by atoms with Crippen LogP contribution < -0.4 is 4.74 Å². The highest BCUT2D eigenvalue weighted by Gasteiger charge is 2.12. The largest absolute Gasteiger partial charge is 0.497 e. The van der Waals surface area contributed by atoms with Gasteiger partial charge in [0.05, 0.1) is 13.5 Å². The van der Waals surface area contributed by atoms with Gasteiger partial charge in [-0.2, -0.15) is 0 Å². The van der Waals surface area contributed by atoms with E-state index in [0.717, 1.165) is 11.1 Å². The number of hydrogen-bond acceptors (Lipinski definition) is 4. The number of ether oxygens (including phenoxy) is 2. The molecule has 3 aromatic rings. The van der Waals surface area contributed by atoms with Crippen molar-refractivity contribution < 1.29 is 24.2 Å². The molecule has 0 saturated heterocycles. The van der Waals surface area contributed by atoms with Crippen LogP contribution in [0.3, 0.4) is 0 Å². The molecule has 162 valence electrons. The predicted octanol–water partition coefficient (Wildman–Crippen LogP) is 5.25. The van der Waals surface area contributed by atoms with E-state index in [1.54, 1.807) is 25.3 Å². The second-order valence-electron chi connectivity index (χ2n) is 7.03. The van der Waals surface area contributed by atoms with Gasteiger partial charge in [-0.25, -0.2) is 4.79 Å². The van der Waals surface area contributed by atoms with E-state index >= 15 is 0 Å². The topological polar surface area (TPSA) is 72.8 Å². The van der Waals surface area contributed by atoms with Crippen LogP contribution in [0.2, 0.25) is 0 Å². The van der Waals surface area contributed by atoms with E-state index < -0.39 is 11.9 Å². The summed E-state index contributed by atoms with van der Waals surface area (Å²) in [4.78, 5) is 23.7. The van der Waals surface area contributed by atoms with Crippen molar-refractivity contribution >= 4 is 30.2 Å². The van der Waals surface area contributed by atoms with Crippen molar-refractivity contribution in [2.45, 2.75) is 13.0 Å². The summed E-state index contributed by atoms with van der Waals surface area (Å²) < 4.78 is 10.7. The lowest BCUT2D eigenvalue weighted by Gasteiger charge is -2.12. The summed E-state index contributed by atoms with van der Waals surface area (Å²) >= 11 is 0. The third kappa shape index (κ3) is 6.71. The normalized spacial score (nSPS) is 11.0. The first kappa shape index (κ1) is 22.6. The summed E-state index contributed by atoms with van der Waals surface area (Å²) in [7, 11) is 1.54. The highest BCUT2D eigenvalue weighted by Crippen LogP contribution is 2.26. The van der Waals surface area contributed by atoms with E-state index in [-0.39, 0.29) is 13.0 Å². The second kappa shape index (κ2) is 11.3. The zero-order valence-electron chi connectivity index (χ0n) is 17.7. The van der Waals surface area contributed by atoms with Gasteiger partial charge in [0.1, 0.15) is 12.4 Å². The van der Waals surface area contributed by atoms with Crippen LogP contribution in [0.5, 0.6) is 5.75 Å². The average molecular weight is 428 g/mol. The second-order valence-corrected chi connectivity index (χ2v) is 7.03. The van der Waals surface area contributed by atoms with E-state index in [9.17, 15) is 14.7 Å². The fourth-order valence-corrected chi connectivity index (χ4v) is 3.14. The van der Waals surface area contributed by atoms with Crippen LogP contribution in [0.15, 0.2) is 78.9 Å². The molecule has 0 spiro atoms. The summed E-state index contributed by atoms with van der Waals surface area (Å²) in [6, 6.07) is 22.6. The molecule has 0 saturated carbocycles. The van der Waals surface area contributed by atoms with Crippen LogP contribution in [0.25, 0.3) is 18.2 Å². The summed E-state index contributed by atoms with van der Waals surface area (Å²) in [5, 5.41) is 9.44. The molecule has 5 heteroatoms. The van der Waals surface area contributed by atoms with Gasteiger partial charge in [0.15, 0.2) is 0 Å². The smallest absolute Gasteiger partial charge is 0.331 e. The SMILES string of the molecule is COc1cc(/C=C/C(=O)OCc2ccccc2)c(CC(=O)O)c(/C=C/c2ccccc2)c1. The molecule has 0 fully saturated rings. The molecule has 32 heavy (non-hydrogen) atoms. The van der Waals surface area contributed by atoms with Crippen molar-refractivity contribution in [3.63, 3.8) is 0 Å². The lowest BCUT2D eigenvalue weighted by molar-refractivity contribution is -0.139. The van der Waals surface area contributed by atoms with Crippen molar-refractivity contribution in [3.05, 3.63) is 107 Å². The number of carboxylic acid groups (broad SMARTS) is 1. The van der Waals surface area contributed by atoms with Gasteiger partial charge >= 0.3 is 11.9 Å². The van der Waals surface area contributed by atoms with Gasteiger partial charge in [-0.3, -0.25) is 4.79 Å². The van der Waals surface area contributed by atoms with Crippen molar-refractivity contribution in [1.29, 1.82) is 0 Å². The molecule has 0 atom stereocenters. The minimum atomic E-state index is -0.967. The summed E-state index contributed by atoms with van der Waals surface area (Å²) in [6.07, 6.45) is 6.42. The highest BCUT2D eigenvalue weighted by atomic mass is 16.5. The molecule has 0 bridgehead atoms. The van der Waals surface area contributed by atoms with Crippen molar-refractivity contribution in [3.8, 4) is 5.75 Å². The molecule has 3 aromatic carbocycles. The highest BCUT2D eigenvalue weighted by molar-refractivity contribution is 5.89. The number of carbonyl (C=O) groups is 2. The van der Waals surface area contributed by atoms with Crippen LogP contribution in [0.4, 0.5) is 0 Å². The number of carboxylic acids is 1. The van der Waals surface area contributed by atoms with E-state index in [1.807, 2.05) is 72.8 Å². The molecular formula is C27H24O5. The Morgan fingerprint density at radius 1 is 0.875 bits per heavy atom. The van der Waals surface area contributed by atoms with Crippen LogP contribution in [0, 0.1) is 0 Å². The zero-order valence-corrected chi connectivity index (χ0v) is 17.7. The van der Waals surface area contributed by atoms with Crippen molar-refractivity contribution in [1.82, 2.24) is 0 Å². The number of rotatable bonds is 9. The Morgan fingerprint density at radius 2 is 1.50 bits per heavy atom. The van der Waals surface area contributed by atoms with Crippen LogP contribution in [-0.2, 0) is 27.4 Å². The molecule has 0 aromatic heterocycles. The molecule has 0 heterocycles. The number of aliphatic carboxylic acids is 1. The standard InChI is InChI=1S/C27H24O5/c1-31-24-16-22(13-12-20-8-4-2-5-9-20)25(18-26(28)29)23(17-24)14-15-27(30)32-19-21-10-6-3-7-11-21/h2-17H,18-19H2,1H3,(H,28,29)/b13-12+,15-14+. The molecule has 3 rings (SSSR count). The van der Waals surface area contributed by atoms with E-state index in [1.165, 1.54) is 6.08 Å². The Labute approximate surface area is 187 Å². The van der Waals surface area contributed by atoms with E-state index in [0.29, 0.717) is 22.4 Å². The molecular weight excluding hydrogens is 404 g/mol. The Morgan fingerprint density at radius 3 is 2.12 bits per heavy atom. The lowest BCUT2D eigenvalue weighted by atomic mass is 9.96. The first-order valence-corrected chi connectivity index (χ1v) is 10.1. The molecule has 0 radical (unpaired) electrons. The van der Waals surface area contributed by atoms with Crippen LogP contribution in [-0.4, -0.2) is 24.2 Å². The molecule has 1 N–H and O–H groups in total. The lowest BCUT2D eigenvalue weighted by Crippen LogP contribution is -2.05. The van der Waals surface area contributed by atoms with Crippen molar-refractivity contribution in [2.75, 3.05) is 7.11 Å². The molecule has 0 unspecified atom stereocenters. The van der Waals surface area contributed by atoms with E-state index in [4.69, 9.17) is 9.47 Å². The van der Waals surface area contributed by atoms with Gasteiger partial charge in [-0.15, -0.1) is 0 Å². The Kier molecular flexibility index (Phi) is 7.98. The monoisotopic (exact) mass is 428 g/mol. The molecule has 0 aliphatic rings. The third-order valence-electron chi connectivity index (χ3n) is 4.73. The molecule has 0 aliphatic carbocycles. The van der Waals surface area contributed by atoms with Crippen LogP contribution in [0.1, 0.15) is 27.8 Å².